The van der Waals surface area contributed by atoms with Crippen LogP contribution in [-0.4, -0.2) is 33.8 Å². The van der Waals surface area contributed by atoms with Gasteiger partial charge in [0, 0.05) is 22.9 Å². The van der Waals surface area contributed by atoms with Gasteiger partial charge in [0.2, 0.25) is 0 Å². The van der Waals surface area contributed by atoms with E-state index in [4.69, 9.17) is 9.15 Å². The molecular formula is C20H19NO7. The Morgan fingerprint density at radius 1 is 1.21 bits per heavy atom. The molecule has 28 heavy (non-hydrogen) atoms. The molecule has 1 atom stereocenters. The van der Waals surface area contributed by atoms with Gasteiger partial charge in [-0.05, 0) is 38.1 Å². The summed E-state index contributed by atoms with van der Waals surface area (Å²) in [7, 11) is 1.53. The van der Waals surface area contributed by atoms with E-state index in [0.717, 1.165) is 4.57 Å². The molecule has 0 aliphatic rings. The first kappa shape index (κ1) is 19.2. The number of nitrogens with zero attached hydrogens (tertiary/aromatic N) is 1. The number of fused-ring (bicyclic) bond motifs is 1. The molecule has 0 saturated carbocycles. The third-order valence-electron chi connectivity index (χ3n) is 4.61. The van der Waals surface area contributed by atoms with Crippen LogP contribution in [0.1, 0.15) is 24.2 Å². The summed E-state index contributed by atoms with van der Waals surface area (Å²) in [6.45, 7) is 3.00. The van der Waals surface area contributed by atoms with Crippen LogP contribution in [0, 0.1) is 6.92 Å². The van der Waals surface area contributed by atoms with Crippen LogP contribution in [0.3, 0.4) is 0 Å². The maximum Gasteiger partial charge on any atom is 0.326 e. The summed E-state index contributed by atoms with van der Waals surface area (Å²) < 4.78 is 12.1. The number of methoxy groups -OCH3 is 1. The Balaban J connectivity index is 2.33. The number of pyridine rings is 1. The van der Waals surface area contributed by atoms with E-state index < -0.39 is 30.0 Å². The Bertz CT molecular complexity index is 1120. The number of aromatic nitrogens is 1. The number of hydrogen-bond donors (Lipinski definition) is 2. The molecule has 2 aromatic heterocycles. The number of benzene rings is 1. The number of aliphatic carboxylic acids is 2. The fourth-order valence-electron chi connectivity index (χ4n) is 3.25. The molecule has 1 aromatic carbocycles. The van der Waals surface area contributed by atoms with Gasteiger partial charge in [0.25, 0.3) is 5.56 Å². The van der Waals surface area contributed by atoms with Gasteiger partial charge < -0.3 is 19.4 Å². The molecule has 0 fully saturated rings. The Morgan fingerprint density at radius 3 is 2.39 bits per heavy atom. The average Bonchev–Trinajstić information content (AvgIpc) is 2.99. The van der Waals surface area contributed by atoms with E-state index >= 15 is 0 Å². The lowest BCUT2D eigenvalue weighted by Gasteiger charge is -2.14. The molecule has 0 saturated heterocycles. The number of carboxylic acid groups (broad SMARTS) is 2. The molecule has 3 rings (SSSR count). The van der Waals surface area contributed by atoms with Crippen LogP contribution in [0.5, 0.6) is 5.75 Å². The quantitative estimate of drug-likeness (QED) is 0.669. The van der Waals surface area contributed by atoms with Crippen molar-refractivity contribution < 1.29 is 29.0 Å². The van der Waals surface area contributed by atoms with Crippen LogP contribution >= 0.6 is 0 Å². The predicted octanol–water partition coefficient (Wildman–Crippen LogP) is 2.85. The lowest BCUT2D eigenvalue weighted by atomic mass is 10.0. The van der Waals surface area contributed by atoms with Gasteiger partial charge in [0.15, 0.2) is 0 Å². The fourth-order valence-corrected chi connectivity index (χ4v) is 3.25. The van der Waals surface area contributed by atoms with Crippen molar-refractivity contribution in [3.8, 4) is 17.1 Å². The Morgan fingerprint density at radius 2 is 1.86 bits per heavy atom. The van der Waals surface area contributed by atoms with Gasteiger partial charge in [-0.2, -0.15) is 0 Å². The number of ether oxygens (including phenoxy) is 1. The molecule has 146 valence electrons. The highest BCUT2D eigenvalue weighted by atomic mass is 16.5. The minimum atomic E-state index is -1.16. The number of rotatable bonds is 6. The molecule has 1 unspecified atom stereocenters. The Kier molecular flexibility index (Phi) is 4.96. The van der Waals surface area contributed by atoms with Gasteiger partial charge in [0.05, 0.1) is 18.9 Å². The van der Waals surface area contributed by atoms with E-state index in [-0.39, 0.29) is 22.3 Å². The monoisotopic (exact) mass is 385 g/mol. The molecule has 0 bridgehead atoms. The highest BCUT2D eigenvalue weighted by Gasteiger charge is 2.25. The van der Waals surface area contributed by atoms with Crippen molar-refractivity contribution >= 4 is 22.9 Å². The van der Waals surface area contributed by atoms with Crippen LogP contribution in [-0.2, 0) is 16.0 Å². The Hall–Kier alpha value is -3.55. The number of carboxylic acids is 2. The van der Waals surface area contributed by atoms with Crippen molar-refractivity contribution in [2.75, 3.05) is 7.11 Å². The molecule has 8 heteroatoms. The van der Waals surface area contributed by atoms with Crippen LogP contribution in [0.4, 0.5) is 0 Å². The van der Waals surface area contributed by atoms with E-state index in [1.54, 1.807) is 37.3 Å². The third kappa shape index (κ3) is 3.24. The van der Waals surface area contributed by atoms with Gasteiger partial charge in [-0.1, -0.05) is 0 Å². The zero-order chi connectivity index (χ0) is 20.6. The molecule has 0 spiro atoms. The van der Waals surface area contributed by atoms with Crippen LogP contribution < -0.4 is 10.3 Å². The molecule has 2 N–H and O–H groups in total. The second kappa shape index (κ2) is 7.22. The predicted molar refractivity (Wildman–Crippen MR) is 101 cm³/mol. The van der Waals surface area contributed by atoms with Gasteiger partial charge in [-0.25, -0.2) is 4.79 Å². The standard InChI is InChI=1S/C20H19NO7/c1-10-8-15-17(19(24)21(10)11(2)20(25)26)14(9-16(22)23)18(28-15)12-4-6-13(27-3)7-5-12/h4-8,11H,9H2,1-3H3,(H,22,23)(H,25,26). The highest BCUT2D eigenvalue weighted by Crippen LogP contribution is 2.34. The summed E-state index contributed by atoms with van der Waals surface area (Å²) in [4.78, 5) is 35.9. The van der Waals surface area contributed by atoms with Crippen LogP contribution in [0.2, 0.25) is 0 Å². The second-order valence-corrected chi connectivity index (χ2v) is 6.42. The molecule has 0 radical (unpaired) electrons. The number of carbonyl (C=O) groups is 2. The fraction of sp³-hybridized carbons (Fsp3) is 0.250. The van der Waals surface area contributed by atoms with Crippen LogP contribution in [0.25, 0.3) is 22.3 Å². The normalized spacial score (nSPS) is 12.1. The lowest BCUT2D eigenvalue weighted by Crippen LogP contribution is -2.30. The van der Waals surface area contributed by atoms with Gasteiger partial charge in [0.1, 0.15) is 23.1 Å². The minimum Gasteiger partial charge on any atom is -0.497 e. The largest absolute Gasteiger partial charge is 0.497 e. The average molecular weight is 385 g/mol. The molecule has 0 aliphatic carbocycles. The first-order chi connectivity index (χ1) is 13.2. The number of furan rings is 1. The van der Waals surface area contributed by atoms with Crippen molar-refractivity contribution in [3.05, 3.63) is 51.9 Å². The zero-order valence-corrected chi connectivity index (χ0v) is 15.6. The molecule has 2 heterocycles. The first-order valence-electron chi connectivity index (χ1n) is 8.51. The van der Waals surface area contributed by atoms with Gasteiger partial charge >= 0.3 is 11.9 Å². The molecule has 0 aliphatic heterocycles. The maximum absolute atomic E-state index is 13.1. The van der Waals surface area contributed by atoms with E-state index in [2.05, 4.69) is 0 Å². The summed E-state index contributed by atoms with van der Waals surface area (Å²) in [6, 6.07) is 7.25. The van der Waals surface area contributed by atoms with E-state index in [0.29, 0.717) is 17.0 Å². The smallest absolute Gasteiger partial charge is 0.326 e. The first-order valence-corrected chi connectivity index (χ1v) is 8.51. The third-order valence-corrected chi connectivity index (χ3v) is 4.61. The number of aryl methyl sites for hydroxylation is 1. The maximum atomic E-state index is 13.1. The summed E-state index contributed by atoms with van der Waals surface area (Å²) >= 11 is 0. The summed E-state index contributed by atoms with van der Waals surface area (Å²) in [5, 5.41) is 18.7. The summed E-state index contributed by atoms with van der Waals surface area (Å²) in [5.41, 5.74) is 0.833. The zero-order valence-electron chi connectivity index (χ0n) is 15.6. The minimum absolute atomic E-state index is 0.0759. The summed E-state index contributed by atoms with van der Waals surface area (Å²) in [5.74, 6) is -1.41. The van der Waals surface area contributed by atoms with Crippen molar-refractivity contribution in [1.29, 1.82) is 0 Å². The molecular weight excluding hydrogens is 366 g/mol. The molecule has 8 nitrogen and oxygen atoms in total. The topological polar surface area (TPSA) is 119 Å². The lowest BCUT2D eigenvalue weighted by molar-refractivity contribution is -0.140. The Labute approximate surface area is 159 Å². The van der Waals surface area contributed by atoms with E-state index in [9.17, 15) is 24.6 Å². The van der Waals surface area contributed by atoms with Crippen LogP contribution in [0.15, 0.2) is 39.5 Å². The van der Waals surface area contributed by atoms with Gasteiger partial charge in [-0.15, -0.1) is 0 Å². The summed E-state index contributed by atoms with van der Waals surface area (Å²) in [6.07, 6.45) is -0.436. The van der Waals surface area contributed by atoms with E-state index in [1.807, 2.05) is 0 Å². The molecule has 0 amide bonds. The second-order valence-electron chi connectivity index (χ2n) is 6.42. The van der Waals surface area contributed by atoms with E-state index in [1.165, 1.54) is 14.0 Å². The molecule has 3 aromatic rings. The van der Waals surface area contributed by atoms with Crippen molar-refractivity contribution in [3.63, 3.8) is 0 Å². The SMILES string of the molecule is COc1ccc(-c2oc3cc(C)n(C(C)C(=O)O)c(=O)c3c2CC(=O)O)cc1. The number of hydrogen-bond acceptors (Lipinski definition) is 5. The highest BCUT2D eigenvalue weighted by molar-refractivity contribution is 5.91. The van der Waals surface area contributed by atoms with Gasteiger partial charge in [-0.3, -0.25) is 14.2 Å². The van der Waals surface area contributed by atoms with Crippen molar-refractivity contribution in [2.24, 2.45) is 0 Å². The van der Waals surface area contributed by atoms with Crippen molar-refractivity contribution in [2.45, 2.75) is 26.3 Å². The van der Waals surface area contributed by atoms with Crippen molar-refractivity contribution in [1.82, 2.24) is 4.57 Å².